The zero-order valence-corrected chi connectivity index (χ0v) is 11.1. The Balaban J connectivity index is 1.83. The molecule has 0 N–H and O–H groups in total. The highest BCUT2D eigenvalue weighted by atomic mass is 32.2. The fraction of sp³-hybridized carbons (Fsp3) is 0.571. The van der Waals surface area contributed by atoms with E-state index in [2.05, 4.69) is 45.0 Å². The first kappa shape index (κ1) is 12.0. The van der Waals surface area contributed by atoms with Gasteiger partial charge in [0, 0.05) is 10.1 Å². The molecule has 2 atom stereocenters. The minimum absolute atomic E-state index is 0.365. The van der Waals surface area contributed by atoms with Gasteiger partial charge in [0.25, 0.3) is 0 Å². The molecule has 0 saturated heterocycles. The summed E-state index contributed by atoms with van der Waals surface area (Å²) in [4.78, 5) is 1.44. The molecule has 2 heteroatoms. The number of hydrogen-bond acceptors (Lipinski definition) is 2. The maximum absolute atomic E-state index is 5.90. The maximum atomic E-state index is 5.90. The Hall–Kier alpha value is -0.470. The van der Waals surface area contributed by atoms with Crippen molar-refractivity contribution in [1.82, 2.24) is 0 Å². The van der Waals surface area contributed by atoms with E-state index in [-0.39, 0.29) is 0 Å². The lowest BCUT2D eigenvalue weighted by molar-refractivity contribution is 0.0368. The van der Waals surface area contributed by atoms with Crippen LogP contribution in [0.2, 0.25) is 0 Å². The van der Waals surface area contributed by atoms with E-state index in [9.17, 15) is 0 Å². The van der Waals surface area contributed by atoms with Crippen LogP contribution in [0.15, 0.2) is 29.2 Å². The van der Waals surface area contributed by atoms with Crippen LogP contribution in [0.25, 0.3) is 0 Å². The molecule has 0 aromatic heterocycles. The Labute approximate surface area is 103 Å². The molecule has 2 rings (SSSR count). The van der Waals surface area contributed by atoms with E-state index >= 15 is 0 Å². The molecule has 1 heterocycles. The monoisotopic (exact) mass is 236 g/mol. The van der Waals surface area contributed by atoms with Gasteiger partial charge in [-0.15, -0.1) is 11.8 Å². The third-order valence-corrected chi connectivity index (χ3v) is 4.49. The van der Waals surface area contributed by atoms with Crippen molar-refractivity contribution in [2.24, 2.45) is 5.92 Å². The van der Waals surface area contributed by atoms with Crippen molar-refractivity contribution in [3.8, 4) is 0 Å². The van der Waals surface area contributed by atoms with Crippen molar-refractivity contribution in [3.63, 3.8) is 0 Å². The second-order valence-electron chi connectivity index (χ2n) is 4.83. The SMILES string of the molecule is CC(C)C(C)OCC1Cc2ccccc2S1. The third-order valence-electron chi connectivity index (χ3n) is 3.20. The van der Waals surface area contributed by atoms with E-state index in [0.717, 1.165) is 13.0 Å². The predicted molar refractivity (Wildman–Crippen MR) is 70.0 cm³/mol. The van der Waals surface area contributed by atoms with E-state index in [1.165, 1.54) is 10.5 Å². The van der Waals surface area contributed by atoms with Gasteiger partial charge >= 0.3 is 0 Å². The largest absolute Gasteiger partial charge is 0.377 e. The first-order valence-electron chi connectivity index (χ1n) is 6.03. The topological polar surface area (TPSA) is 9.23 Å². The minimum Gasteiger partial charge on any atom is -0.377 e. The molecule has 1 aliphatic heterocycles. The predicted octanol–water partition coefficient (Wildman–Crippen LogP) is 3.76. The molecule has 0 spiro atoms. The van der Waals surface area contributed by atoms with E-state index in [0.29, 0.717) is 17.3 Å². The molecule has 0 radical (unpaired) electrons. The molecule has 1 aromatic carbocycles. The molecule has 16 heavy (non-hydrogen) atoms. The molecule has 0 bridgehead atoms. The summed E-state index contributed by atoms with van der Waals surface area (Å²) < 4.78 is 5.90. The van der Waals surface area contributed by atoms with Gasteiger partial charge in [0.15, 0.2) is 0 Å². The van der Waals surface area contributed by atoms with Gasteiger partial charge in [-0.25, -0.2) is 0 Å². The average molecular weight is 236 g/mol. The van der Waals surface area contributed by atoms with Crippen molar-refractivity contribution in [1.29, 1.82) is 0 Å². The average Bonchev–Trinajstić information content (AvgIpc) is 2.68. The quantitative estimate of drug-likeness (QED) is 0.787. The second-order valence-corrected chi connectivity index (χ2v) is 6.18. The fourth-order valence-corrected chi connectivity index (χ4v) is 3.03. The van der Waals surface area contributed by atoms with Crippen molar-refractivity contribution in [2.45, 2.75) is 43.4 Å². The van der Waals surface area contributed by atoms with Crippen LogP contribution in [-0.2, 0) is 11.2 Å². The van der Waals surface area contributed by atoms with E-state index in [4.69, 9.17) is 4.74 Å². The summed E-state index contributed by atoms with van der Waals surface area (Å²) in [5.41, 5.74) is 1.48. The number of thioether (sulfide) groups is 1. The summed E-state index contributed by atoms with van der Waals surface area (Å²) in [5, 5.41) is 0.610. The Morgan fingerprint density at radius 3 is 2.75 bits per heavy atom. The lowest BCUT2D eigenvalue weighted by Gasteiger charge is -2.18. The molecule has 1 aliphatic rings. The smallest absolute Gasteiger partial charge is 0.0595 e. The Bertz CT molecular complexity index is 323. The zero-order chi connectivity index (χ0) is 11.5. The fourth-order valence-electron chi connectivity index (χ4n) is 1.80. The summed E-state index contributed by atoms with van der Waals surface area (Å²) in [6, 6.07) is 8.69. The highest BCUT2D eigenvalue weighted by Gasteiger charge is 2.22. The van der Waals surface area contributed by atoms with E-state index in [1.807, 2.05) is 11.8 Å². The summed E-state index contributed by atoms with van der Waals surface area (Å²) >= 11 is 1.96. The van der Waals surface area contributed by atoms with Gasteiger partial charge in [-0.1, -0.05) is 32.0 Å². The summed E-state index contributed by atoms with van der Waals surface area (Å²) in [7, 11) is 0. The van der Waals surface area contributed by atoms with Crippen LogP contribution in [0, 0.1) is 5.92 Å². The Morgan fingerprint density at radius 2 is 2.06 bits per heavy atom. The van der Waals surface area contributed by atoms with Crippen LogP contribution in [0.4, 0.5) is 0 Å². The van der Waals surface area contributed by atoms with Gasteiger partial charge in [-0.05, 0) is 30.9 Å². The molecule has 0 aliphatic carbocycles. The number of benzene rings is 1. The van der Waals surface area contributed by atoms with Crippen LogP contribution in [0.1, 0.15) is 26.3 Å². The summed E-state index contributed by atoms with van der Waals surface area (Å²) in [6.07, 6.45) is 1.52. The van der Waals surface area contributed by atoms with Crippen LogP contribution in [-0.4, -0.2) is 18.0 Å². The van der Waals surface area contributed by atoms with Crippen LogP contribution in [0.5, 0.6) is 0 Å². The van der Waals surface area contributed by atoms with Gasteiger partial charge in [0.05, 0.1) is 12.7 Å². The third kappa shape index (κ3) is 2.80. The van der Waals surface area contributed by atoms with E-state index < -0.39 is 0 Å². The van der Waals surface area contributed by atoms with E-state index in [1.54, 1.807) is 0 Å². The number of fused-ring (bicyclic) bond motifs is 1. The minimum atomic E-state index is 0.365. The van der Waals surface area contributed by atoms with Crippen LogP contribution in [0.3, 0.4) is 0 Å². The second kappa shape index (κ2) is 5.24. The van der Waals surface area contributed by atoms with Crippen LogP contribution >= 0.6 is 11.8 Å². The molecule has 0 fully saturated rings. The zero-order valence-electron chi connectivity index (χ0n) is 10.3. The molecule has 0 saturated carbocycles. The van der Waals surface area contributed by atoms with Crippen molar-refractivity contribution < 1.29 is 4.74 Å². The number of rotatable bonds is 4. The number of ether oxygens (including phenoxy) is 1. The molecular weight excluding hydrogens is 216 g/mol. The molecule has 1 aromatic rings. The van der Waals surface area contributed by atoms with Gasteiger partial charge in [-0.2, -0.15) is 0 Å². The highest BCUT2D eigenvalue weighted by molar-refractivity contribution is 8.00. The summed E-state index contributed by atoms with van der Waals surface area (Å²) in [5.74, 6) is 0.605. The number of hydrogen-bond donors (Lipinski definition) is 0. The van der Waals surface area contributed by atoms with Crippen LogP contribution < -0.4 is 0 Å². The maximum Gasteiger partial charge on any atom is 0.0595 e. The molecule has 88 valence electrons. The highest BCUT2D eigenvalue weighted by Crippen LogP contribution is 2.36. The molecular formula is C14H20OS. The van der Waals surface area contributed by atoms with Gasteiger partial charge in [0.2, 0.25) is 0 Å². The normalized spacial score (nSPS) is 21.1. The Kier molecular flexibility index (Phi) is 3.93. The molecule has 0 amide bonds. The molecule has 1 nitrogen and oxygen atoms in total. The first-order chi connectivity index (χ1) is 7.66. The summed E-state index contributed by atoms with van der Waals surface area (Å²) in [6.45, 7) is 7.46. The molecule has 2 unspecified atom stereocenters. The van der Waals surface area contributed by atoms with Gasteiger partial charge in [0.1, 0.15) is 0 Å². The lowest BCUT2D eigenvalue weighted by Crippen LogP contribution is -2.21. The van der Waals surface area contributed by atoms with Crippen molar-refractivity contribution in [2.75, 3.05) is 6.61 Å². The van der Waals surface area contributed by atoms with Crippen molar-refractivity contribution in [3.05, 3.63) is 29.8 Å². The Morgan fingerprint density at radius 1 is 1.31 bits per heavy atom. The van der Waals surface area contributed by atoms with Gasteiger partial charge < -0.3 is 4.74 Å². The first-order valence-corrected chi connectivity index (χ1v) is 6.91. The lowest BCUT2D eigenvalue weighted by atomic mass is 10.1. The standard InChI is InChI=1S/C14H20OS/c1-10(2)11(3)15-9-13-8-12-6-4-5-7-14(12)16-13/h4-7,10-11,13H,8-9H2,1-3H3. The van der Waals surface area contributed by atoms with Gasteiger partial charge in [-0.3, -0.25) is 0 Å². The van der Waals surface area contributed by atoms with Crippen molar-refractivity contribution >= 4 is 11.8 Å².